The van der Waals surface area contributed by atoms with Crippen LogP contribution in [0.3, 0.4) is 0 Å². The molecule has 2 rings (SSSR count). The lowest BCUT2D eigenvalue weighted by Crippen LogP contribution is -2.13. The molecule has 0 aliphatic heterocycles. The summed E-state index contributed by atoms with van der Waals surface area (Å²) in [6, 6.07) is 0.203. The van der Waals surface area contributed by atoms with Crippen molar-refractivity contribution in [3.63, 3.8) is 0 Å². The lowest BCUT2D eigenvalue weighted by Gasteiger charge is -2.16. The van der Waals surface area contributed by atoms with E-state index >= 15 is 0 Å². The number of phenolic OH excluding ortho intramolecular Hbond substituents is 1. The van der Waals surface area contributed by atoms with E-state index < -0.39 is 34.9 Å². The molecule has 0 unspecified atom stereocenters. The Labute approximate surface area is 107 Å². The van der Waals surface area contributed by atoms with Crippen LogP contribution in [-0.4, -0.2) is 19.9 Å². The Balaban J connectivity index is 2.75. The van der Waals surface area contributed by atoms with Crippen molar-refractivity contribution in [2.24, 2.45) is 0 Å². The number of aromatic nitrogens is 3. The molecule has 1 aromatic carbocycles. The van der Waals surface area contributed by atoms with Crippen molar-refractivity contribution in [1.82, 2.24) is 14.8 Å². The minimum absolute atomic E-state index is 0.157. The van der Waals surface area contributed by atoms with Gasteiger partial charge in [-0.05, 0) is 12.1 Å². The van der Waals surface area contributed by atoms with Gasteiger partial charge in [0.15, 0.2) is 5.75 Å². The van der Waals surface area contributed by atoms with E-state index in [0.29, 0.717) is 10.7 Å². The van der Waals surface area contributed by atoms with Gasteiger partial charge in [0, 0.05) is 0 Å². The molecule has 0 aliphatic rings. The average molecular weight is 297 g/mol. The standard InChI is InChI=1S/C10H5F6N3O/c11-9(12,13)5-1-6(10(14,15)16)8(20)7(2-5)19-4-17-3-18-19/h1-4,20H. The normalized spacial score (nSPS) is 12.7. The van der Waals surface area contributed by atoms with Crippen LogP contribution >= 0.6 is 0 Å². The number of halogens is 6. The second kappa shape index (κ2) is 4.39. The van der Waals surface area contributed by atoms with E-state index in [2.05, 4.69) is 10.1 Å². The summed E-state index contributed by atoms with van der Waals surface area (Å²) < 4.78 is 76.5. The predicted molar refractivity (Wildman–Crippen MR) is 53.0 cm³/mol. The number of rotatable bonds is 1. The number of hydrogen-bond donors (Lipinski definition) is 1. The third-order valence-corrected chi connectivity index (χ3v) is 2.39. The van der Waals surface area contributed by atoms with Gasteiger partial charge >= 0.3 is 12.4 Å². The molecule has 0 saturated carbocycles. The molecule has 1 aromatic heterocycles. The maximum atomic E-state index is 12.7. The zero-order valence-corrected chi connectivity index (χ0v) is 9.37. The van der Waals surface area contributed by atoms with Crippen LogP contribution in [0, 0.1) is 0 Å². The first-order valence-electron chi connectivity index (χ1n) is 4.97. The van der Waals surface area contributed by atoms with E-state index in [1.807, 2.05) is 0 Å². The van der Waals surface area contributed by atoms with Crippen LogP contribution < -0.4 is 0 Å². The molecule has 0 bridgehead atoms. The van der Waals surface area contributed by atoms with Crippen molar-refractivity contribution in [1.29, 1.82) is 0 Å². The van der Waals surface area contributed by atoms with Gasteiger partial charge in [0.1, 0.15) is 23.9 Å². The number of alkyl halides is 6. The highest BCUT2D eigenvalue weighted by Gasteiger charge is 2.40. The van der Waals surface area contributed by atoms with E-state index in [9.17, 15) is 31.4 Å². The minimum atomic E-state index is -5.14. The highest BCUT2D eigenvalue weighted by molar-refractivity contribution is 5.54. The zero-order valence-electron chi connectivity index (χ0n) is 9.37. The second-order valence-electron chi connectivity index (χ2n) is 3.73. The smallest absolute Gasteiger partial charge is 0.420 e. The monoisotopic (exact) mass is 297 g/mol. The molecule has 0 radical (unpaired) electrons. The number of benzene rings is 1. The Kier molecular flexibility index (Phi) is 3.11. The molecule has 20 heavy (non-hydrogen) atoms. The molecular weight excluding hydrogens is 292 g/mol. The van der Waals surface area contributed by atoms with Crippen molar-refractivity contribution >= 4 is 0 Å². The number of hydrogen-bond acceptors (Lipinski definition) is 3. The first kappa shape index (κ1) is 14.2. The van der Waals surface area contributed by atoms with Gasteiger partial charge in [0.25, 0.3) is 0 Å². The van der Waals surface area contributed by atoms with Gasteiger partial charge in [-0.25, -0.2) is 9.67 Å². The third kappa shape index (κ3) is 2.53. The maximum absolute atomic E-state index is 12.7. The van der Waals surface area contributed by atoms with Gasteiger partial charge in [-0.2, -0.15) is 31.4 Å². The van der Waals surface area contributed by atoms with E-state index in [1.54, 1.807) is 0 Å². The van der Waals surface area contributed by atoms with Crippen molar-refractivity contribution in [3.8, 4) is 11.4 Å². The van der Waals surface area contributed by atoms with Crippen LogP contribution in [0.1, 0.15) is 11.1 Å². The van der Waals surface area contributed by atoms with Gasteiger partial charge in [0.2, 0.25) is 0 Å². The van der Waals surface area contributed by atoms with E-state index in [0.717, 1.165) is 12.7 Å². The number of nitrogens with zero attached hydrogens (tertiary/aromatic N) is 3. The average Bonchev–Trinajstić information content (AvgIpc) is 2.79. The molecule has 1 heterocycles. The van der Waals surface area contributed by atoms with Crippen LogP contribution in [-0.2, 0) is 12.4 Å². The summed E-state index contributed by atoms with van der Waals surface area (Å²) in [5.41, 5.74) is -4.10. The Morgan fingerprint density at radius 2 is 1.65 bits per heavy atom. The van der Waals surface area contributed by atoms with Crippen LogP contribution in [0.25, 0.3) is 5.69 Å². The van der Waals surface area contributed by atoms with Crippen LogP contribution in [0.5, 0.6) is 5.75 Å². The summed E-state index contributed by atoms with van der Waals surface area (Å²) in [5.74, 6) is -1.35. The van der Waals surface area contributed by atoms with E-state index in [-0.39, 0.29) is 6.07 Å². The molecule has 0 aliphatic carbocycles. The molecule has 0 fully saturated rings. The summed E-state index contributed by atoms with van der Waals surface area (Å²) in [4.78, 5) is 3.40. The SMILES string of the molecule is Oc1c(-n2cncn2)cc(C(F)(F)F)cc1C(F)(F)F. The molecule has 2 aromatic rings. The van der Waals surface area contributed by atoms with E-state index in [1.165, 1.54) is 0 Å². The fourth-order valence-electron chi connectivity index (χ4n) is 1.51. The summed E-state index contributed by atoms with van der Waals surface area (Å²) in [5, 5.41) is 12.9. The Morgan fingerprint density at radius 1 is 1.00 bits per heavy atom. The maximum Gasteiger partial charge on any atom is 0.420 e. The third-order valence-electron chi connectivity index (χ3n) is 2.39. The van der Waals surface area contributed by atoms with Crippen molar-refractivity contribution in [3.05, 3.63) is 35.9 Å². The molecule has 0 spiro atoms. The highest BCUT2D eigenvalue weighted by Crippen LogP contribution is 2.42. The molecule has 0 atom stereocenters. The quantitative estimate of drug-likeness (QED) is 0.823. The fourth-order valence-corrected chi connectivity index (χ4v) is 1.51. The molecular formula is C10H5F6N3O. The van der Waals surface area contributed by atoms with Gasteiger partial charge in [-0.15, -0.1) is 0 Å². The van der Waals surface area contributed by atoms with Crippen molar-refractivity contribution < 1.29 is 31.4 Å². The fraction of sp³-hybridized carbons (Fsp3) is 0.200. The largest absolute Gasteiger partial charge is 0.505 e. The first-order chi connectivity index (χ1) is 9.10. The summed E-state index contributed by atoms with van der Waals surface area (Å²) in [6.45, 7) is 0. The Morgan fingerprint density at radius 3 is 2.10 bits per heavy atom. The Hall–Kier alpha value is -2.26. The lowest BCUT2D eigenvalue weighted by molar-refractivity contribution is -0.143. The Bertz CT molecular complexity index is 617. The lowest BCUT2D eigenvalue weighted by atomic mass is 10.1. The molecule has 10 heteroatoms. The summed E-state index contributed by atoms with van der Waals surface area (Å²) >= 11 is 0. The van der Waals surface area contributed by atoms with Crippen molar-refractivity contribution in [2.75, 3.05) is 0 Å². The van der Waals surface area contributed by atoms with Crippen LogP contribution in [0.4, 0.5) is 26.3 Å². The summed E-state index contributed by atoms with van der Waals surface area (Å²) in [6.07, 6.45) is -8.36. The van der Waals surface area contributed by atoms with Gasteiger partial charge in [-0.3, -0.25) is 0 Å². The van der Waals surface area contributed by atoms with Gasteiger partial charge in [-0.1, -0.05) is 0 Å². The molecule has 4 nitrogen and oxygen atoms in total. The van der Waals surface area contributed by atoms with Crippen LogP contribution in [0.15, 0.2) is 24.8 Å². The molecule has 0 amide bonds. The van der Waals surface area contributed by atoms with Crippen molar-refractivity contribution in [2.45, 2.75) is 12.4 Å². The molecule has 1 N–H and O–H groups in total. The van der Waals surface area contributed by atoms with Crippen LogP contribution in [0.2, 0.25) is 0 Å². The second-order valence-corrected chi connectivity index (χ2v) is 3.73. The zero-order chi connectivity index (χ0) is 15.1. The number of phenols is 1. The molecule has 108 valence electrons. The van der Waals surface area contributed by atoms with Gasteiger partial charge < -0.3 is 5.11 Å². The topological polar surface area (TPSA) is 50.9 Å². The minimum Gasteiger partial charge on any atom is -0.505 e. The summed E-state index contributed by atoms with van der Waals surface area (Å²) in [7, 11) is 0. The molecule has 0 saturated heterocycles. The predicted octanol–water partition coefficient (Wildman–Crippen LogP) is 3.01. The van der Waals surface area contributed by atoms with E-state index in [4.69, 9.17) is 0 Å². The first-order valence-corrected chi connectivity index (χ1v) is 4.97. The highest BCUT2D eigenvalue weighted by atomic mass is 19.4. The number of aromatic hydroxyl groups is 1. The van der Waals surface area contributed by atoms with Gasteiger partial charge in [0.05, 0.1) is 5.56 Å².